The third-order valence-corrected chi connectivity index (χ3v) is 2.09. The van der Waals surface area contributed by atoms with Gasteiger partial charge in [0.15, 0.2) is 0 Å². The summed E-state index contributed by atoms with van der Waals surface area (Å²) in [4.78, 5) is 12.9. The summed E-state index contributed by atoms with van der Waals surface area (Å²) in [6, 6.07) is 0. The van der Waals surface area contributed by atoms with E-state index in [1.165, 1.54) is 0 Å². The molecule has 0 bridgehead atoms. The fourth-order valence-electron chi connectivity index (χ4n) is 1.35. The van der Waals surface area contributed by atoms with Gasteiger partial charge < -0.3 is 15.4 Å². The van der Waals surface area contributed by atoms with Crippen molar-refractivity contribution in [3.05, 3.63) is 0 Å². The molecule has 0 unspecified atom stereocenters. The first-order chi connectivity index (χ1) is 5.65. The molecule has 1 heterocycles. The van der Waals surface area contributed by atoms with Crippen LogP contribution in [0.25, 0.3) is 0 Å². The lowest BCUT2D eigenvalue weighted by molar-refractivity contribution is -0.140. The first-order valence-electron chi connectivity index (χ1n) is 4.22. The minimum atomic E-state index is -0.256. The summed E-state index contributed by atoms with van der Waals surface area (Å²) < 4.78 is 5.42. The van der Waals surface area contributed by atoms with E-state index in [0.717, 1.165) is 12.8 Å². The van der Waals surface area contributed by atoms with Gasteiger partial charge in [0.2, 0.25) is 0 Å². The van der Waals surface area contributed by atoms with E-state index in [4.69, 9.17) is 10.5 Å². The number of nitrogens with zero attached hydrogens (tertiary/aromatic N) is 1. The van der Waals surface area contributed by atoms with Crippen molar-refractivity contribution in [2.75, 3.05) is 20.6 Å². The van der Waals surface area contributed by atoms with Crippen LogP contribution in [0.2, 0.25) is 0 Å². The Morgan fingerprint density at radius 2 is 2.25 bits per heavy atom. The van der Waals surface area contributed by atoms with E-state index in [0.29, 0.717) is 6.54 Å². The van der Waals surface area contributed by atoms with Crippen molar-refractivity contribution in [3.63, 3.8) is 0 Å². The molecule has 1 saturated heterocycles. The first-order valence-corrected chi connectivity index (χ1v) is 4.22. The van der Waals surface area contributed by atoms with E-state index in [-0.39, 0.29) is 18.1 Å². The van der Waals surface area contributed by atoms with Gasteiger partial charge in [-0.25, -0.2) is 0 Å². The van der Waals surface area contributed by atoms with Gasteiger partial charge in [-0.1, -0.05) is 0 Å². The van der Waals surface area contributed by atoms with Crippen LogP contribution in [-0.4, -0.2) is 43.7 Å². The standard InChI is InChI=1S/C8H16N2O2/c1-10(2)8(11)7-4-3-6(5-9)12-7/h6-7H,3-5,9H2,1-2H3/t6-,7-/m1/s1. The molecule has 70 valence electrons. The number of carbonyl (C=O) groups excluding carboxylic acids is 1. The quantitative estimate of drug-likeness (QED) is 0.615. The molecule has 0 saturated carbocycles. The van der Waals surface area contributed by atoms with Crippen LogP contribution in [-0.2, 0) is 9.53 Å². The molecule has 0 aliphatic carbocycles. The Labute approximate surface area is 72.7 Å². The number of carbonyl (C=O) groups is 1. The van der Waals surface area contributed by atoms with Gasteiger partial charge in [-0.3, -0.25) is 4.79 Å². The smallest absolute Gasteiger partial charge is 0.251 e. The van der Waals surface area contributed by atoms with Crippen LogP contribution >= 0.6 is 0 Å². The molecule has 1 fully saturated rings. The Hall–Kier alpha value is -0.610. The van der Waals surface area contributed by atoms with Gasteiger partial charge in [-0.15, -0.1) is 0 Å². The van der Waals surface area contributed by atoms with Gasteiger partial charge in [-0.05, 0) is 12.8 Å². The summed E-state index contributed by atoms with van der Waals surface area (Å²) in [6.45, 7) is 0.511. The summed E-state index contributed by atoms with van der Waals surface area (Å²) in [7, 11) is 3.48. The maximum Gasteiger partial charge on any atom is 0.251 e. The van der Waals surface area contributed by atoms with Crippen molar-refractivity contribution < 1.29 is 9.53 Å². The fourth-order valence-corrected chi connectivity index (χ4v) is 1.35. The molecular formula is C8H16N2O2. The summed E-state index contributed by atoms with van der Waals surface area (Å²) in [5.74, 6) is 0.0472. The van der Waals surface area contributed by atoms with Crippen molar-refractivity contribution in [2.24, 2.45) is 5.73 Å². The van der Waals surface area contributed by atoms with E-state index < -0.39 is 0 Å². The Bertz CT molecular complexity index is 170. The maximum absolute atomic E-state index is 11.4. The molecule has 1 rings (SSSR count). The van der Waals surface area contributed by atoms with Gasteiger partial charge in [-0.2, -0.15) is 0 Å². The van der Waals surface area contributed by atoms with Gasteiger partial charge >= 0.3 is 0 Å². The molecule has 2 N–H and O–H groups in total. The van der Waals surface area contributed by atoms with Gasteiger partial charge in [0.25, 0.3) is 5.91 Å². The summed E-state index contributed by atoms with van der Waals surface area (Å²) in [5, 5.41) is 0. The Balaban J connectivity index is 2.41. The van der Waals surface area contributed by atoms with E-state index in [1.54, 1.807) is 19.0 Å². The number of hydrogen-bond donors (Lipinski definition) is 1. The van der Waals surface area contributed by atoms with E-state index in [1.807, 2.05) is 0 Å². The van der Waals surface area contributed by atoms with Crippen LogP contribution in [0.3, 0.4) is 0 Å². The van der Waals surface area contributed by atoms with Gasteiger partial charge in [0.1, 0.15) is 6.10 Å². The predicted octanol–water partition coefficient (Wildman–Crippen LogP) is -0.419. The molecule has 0 radical (unpaired) electrons. The number of likely N-dealkylation sites (N-methyl/N-ethyl adjacent to an activating group) is 1. The molecule has 1 amide bonds. The highest BCUT2D eigenvalue weighted by molar-refractivity contribution is 5.80. The van der Waals surface area contributed by atoms with E-state index in [9.17, 15) is 4.79 Å². The zero-order chi connectivity index (χ0) is 9.14. The van der Waals surface area contributed by atoms with Crippen LogP contribution in [0.5, 0.6) is 0 Å². The molecule has 1 aliphatic heterocycles. The van der Waals surface area contributed by atoms with Gasteiger partial charge in [0, 0.05) is 20.6 Å². The third-order valence-electron chi connectivity index (χ3n) is 2.09. The second kappa shape index (κ2) is 3.87. The predicted molar refractivity (Wildman–Crippen MR) is 45.6 cm³/mol. The highest BCUT2D eigenvalue weighted by Crippen LogP contribution is 2.19. The summed E-state index contributed by atoms with van der Waals surface area (Å²) in [6.07, 6.45) is 1.53. The largest absolute Gasteiger partial charge is 0.364 e. The lowest BCUT2D eigenvalue weighted by Crippen LogP contribution is -2.34. The molecule has 0 spiro atoms. The molecule has 2 atom stereocenters. The van der Waals surface area contributed by atoms with Crippen LogP contribution in [0.4, 0.5) is 0 Å². The average Bonchev–Trinajstić information content (AvgIpc) is 2.50. The molecule has 4 heteroatoms. The zero-order valence-electron chi connectivity index (χ0n) is 7.62. The second-order valence-electron chi connectivity index (χ2n) is 3.29. The SMILES string of the molecule is CN(C)C(=O)[C@H]1CC[C@H](CN)O1. The average molecular weight is 172 g/mol. The van der Waals surface area contributed by atoms with E-state index >= 15 is 0 Å². The summed E-state index contributed by atoms with van der Waals surface area (Å²) in [5.41, 5.74) is 5.42. The lowest BCUT2D eigenvalue weighted by Gasteiger charge is -2.16. The molecule has 12 heavy (non-hydrogen) atoms. The number of ether oxygens (including phenoxy) is 1. The van der Waals surface area contributed by atoms with Crippen LogP contribution in [0.15, 0.2) is 0 Å². The van der Waals surface area contributed by atoms with Crippen LogP contribution < -0.4 is 5.73 Å². The lowest BCUT2D eigenvalue weighted by atomic mass is 10.2. The summed E-state index contributed by atoms with van der Waals surface area (Å²) >= 11 is 0. The Morgan fingerprint density at radius 1 is 1.58 bits per heavy atom. The maximum atomic E-state index is 11.4. The van der Waals surface area contributed by atoms with Crippen LogP contribution in [0.1, 0.15) is 12.8 Å². The number of amides is 1. The van der Waals surface area contributed by atoms with Crippen molar-refractivity contribution in [2.45, 2.75) is 25.0 Å². The first kappa shape index (κ1) is 9.48. The number of hydrogen-bond acceptors (Lipinski definition) is 3. The normalized spacial score (nSPS) is 28.9. The van der Waals surface area contributed by atoms with Crippen molar-refractivity contribution in [3.8, 4) is 0 Å². The number of rotatable bonds is 2. The van der Waals surface area contributed by atoms with Crippen molar-refractivity contribution in [1.29, 1.82) is 0 Å². The molecule has 0 aromatic carbocycles. The zero-order valence-corrected chi connectivity index (χ0v) is 7.62. The molecule has 0 aromatic heterocycles. The minimum Gasteiger partial charge on any atom is -0.364 e. The molecular weight excluding hydrogens is 156 g/mol. The van der Waals surface area contributed by atoms with Gasteiger partial charge in [0.05, 0.1) is 6.10 Å². The Morgan fingerprint density at radius 3 is 2.67 bits per heavy atom. The Kier molecular flexibility index (Phi) is 3.05. The minimum absolute atomic E-state index is 0.0472. The topological polar surface area (TPSA) is 55.6 Å². The van der Waals surface area contributed by atoms with Crippen molar-refractivity contribution in [1.82, 2.24) is 4.90 Å². The number of nitrogens with two attached hydrogens (primary N) is 1. The molecule has 1 aliphatic rings. The highest BCUT2D eigenvalue weighted by Gasteiger charge is 2.30. The fraction of sp³-hybridized carbons (Fsp3) is 0.875. The highest BCUT2D eigenvalue weighted by atomic mass is 16.5. The third kappa shape index (κ3) is 1.95. The monoisotopic (exact) mass is 172 g/mol. The molecule has 0 aromatic rings. The van der Waals surface area contributed by atoms with E-state index in [2.05, 4.69) is 0 Å². The second-order valence-corrected chi connectivity index (χ2v) is 3.29. The van der Waals surface area contributed by atoms with Crippen molar-refractivity contribution >= 4 is 5.91 Å². The molecule has 4 nitrogen and oxygen atoms in total. The van der Waals surface area contributed by atoms with Crippen LogP contribution in [0, 0.1) is 0 Å².